The van der Waals surface area contributed by atoms with E-state index in [0.29, 0.717) is 11.3 Å². The Kier molecular flexibility index (Phi) is 5.82. The molecule has 0 atom stereocenters. The number of imide groups is 3. The van der Waals surface area contributed by atoms with Crippen LogP contribution in [0.2, 0.25) is 0 Å². The lowest BCUT2D eigenvalue weighted by atomic mass is 10.3. The van der Waals surface area contributed by atoms with Crippen LogP contribution in [0, 0.1) is 0 Å². The first-order valence-electron chi connectivity index (χ1n) is 6.56. The predicted octanol–water partition coefficient (Wildman–Crippen LogP) is -0.150. The quantitative estimate of drug-likeness (QED) is 0.539. The maximum absolute atomic E-state index is 11.9. The summed E-state index contributed by atoms with van der Waals surface area (Å²) in [5, 5.41) is 1.85. The molecule has 1 N–H and O–H groups in total. The van der Waals surface area contributed by atoms with Gasteiger partial charge >= 0.3 is 23.9 Å². The van der Waals surface area contributed by atoms with Gasteiger partial charge in [-0.2, -0.15) is 0 Å². The average Bonchev–Trinajstić information content (AvgIpc) is 2.61. The molecule has 1 saturated heterocycles. The number of nitrogens with one attached hydrogen (secondary N) is 1. The van der Waals surface area contributed by atoms with Crippen molar-refractivity contribution in [3.05, 3.63) is 0 Å². The molecule has 0 bridgehead atoms. The second-order valence-corrected chi connectivity index (χ2v) is 4.25. The van der Waals surface area contributed by atoms with Crippen molar-refractivity contribution >= 4 is 29.8 Å². The Morgan fingerprint density at radius 2 is 1.71 bits per heavy atom. The minimum atomic E-state index is -1.07. The zero-order chi connectivity index (χ0) is 16.0. The van der Waals surface area contributed by atoms with Crippen LogP contribution in [0.1, 0.15) is 26.7 Å². The van der Waals surface area contributed by atoms with Gasteiger partial charge in [-0.05, 0) is 13.3 Å². The third kappa shape index (κ3) is 4.01. The smallest absolute Gasteiger partial charge is 0.413 e. The van der Waals surface area contributed by atoms with Crippen LogP contribution >= 0.6 is 0 Å². The minimum Gasteiger partial charge on any atom is -0.450 e. The molecule has 0 aromatic heterocycles. The highest BCUT2D eigenvalue weighted by molar-refractivity contribution is 6.45. The summed E-state index contributed by atoms with van der Waals surface area (Å²) in [6.07, 6.45) is 0.332. The van der Waals surface area contributed by atoms with Crippen LogP contribution in [0.3, 0.4) is 0 Å². The summed E-state index contributed by atoms with van der Waals surface area (Å²) in [6, 6.07) is -0.850. The topological polar surface area (TPSA) is 113 Å². The first-order valence-corrected chi connectivity index (χ1v) is 6.56. The minimum absolute atomic E-state index is 0.0734. The van der Waals surface area contributed by atoms with Crippen molar-refractivity contribution in [2.75, 3.05) is 19.7 Å². The number of carbonyl (C=O) groups is 5. The third-order valence-electron chi connectivity index (χ3n) is 2.69. The molecule has 1 aliphatic rings. The molecule has 0 aromatic carbocycles. The van der Waals surface area contributed by atoms with Gasteiger partial charge in [-0.15, -0.1) is 0 Å². The molecule has 9 nitrogen and oxygen atoms in total. The summed E-state index contributed by atoms with van der Waals surface area (Å²) >= 11 is 0. The van der Waals surface area contributed by atoms with Gasteiger partial charge in [0.05, 0.1) is 6.61 Å². The zero-order valence-electron chi connectivity index (χ0n) is 11.9. The average molecular weight is 299 g/mol. The molecule has 116 valence electrons. The van der Waals surface area contributed by atoms with E-state index in [1.54, 1.807) is 6.92 Å². The van der Waals surface area contributed by atoms with E-state index in [1.165, 1.54) is 0 Å². The van der Waals surface area contributed by atoms with E-state index in [-0.39, 0.29) is 13.2 Å². The molecular formula is C12H17N3O6. The largest absolute Gasteiger partial charge is 0.450 e. The number of urea groups is 1. The fourth-order valence-corrected chi connectivity index (χ4v) is 1.67. The number of alkyl carbamates (subject to hydrolysis) is 1. The van der Waals surface area contributed by atoms with Crippen LogP contribution in [-0.4, -0.2) is 59.3 Å². The van der Waals surface area contributed by atoms with Gasteiger partial charge < -0.3 is 4.74 Å². The Bertz CT molecular complexity index is 476. The van der Waals surface area contributed by atoms with Crippen LogP contribution in [0.15, 0.2) is 0 Å². The van der Waals surface area contributed by atoms with Crippen LogP contribution < -0.4 is 5.32 Å². The molecule has 0 radical (unpaired) electrons. The van der Waals surface area contributed by atoms with Crippen molar-refractivity contribution in [2.45, 2.75) is 26.7 Å². The molecule has 1 rings (SSSR count). The van der Waals surface area contributed by atoms with E-state index in [4.69, 9.17) is 0 Å². The SMILES string of the molecule is CCCCN1C(=O)C(=O)N(CC(=O)NC(=O)OCC)C1=O. The van der Waals surface area contributed by atoms with Crippen LogP contribution in [0.25, 0.3) is 0 Å². The Labute approximate surface area is 121 Å². The molecule has 21 heavy (non-hydrogen) atoms. The molecule has 1 aliphatic heterocycles. The van der Waals surface area contributed by atoms with Gasteiger partial charge in [0.1, 0.15) is 6.54 Å². The molecular weight excluding hydrogens is 282 g/mol. The molecule has 1 heterocycles. The monoisotopic (exact) mass is 299 g/mol. The van der Waals surface area contributed by atoms with E-state index < -0.39 is 36.4 Å². The molecule has 0 aromatic rings. The molecule has 0 unspecified atom stereocenters. The van der Waals surface area contributed by atoms with Gasteiger partial charge in [-0.3, -0.25) is 24.6 Å². The number of hydrogen-bond donors (Lipinski definition) is 1. The molecule has 1 fully saturated rings. The summed E-state index contributed by atoms with van der Waals surface area (Å²) in [6.45, 7) is 2.92. The van der Waals surface area contributed by atoms with Crippen molar-refractivity contribution in [3.8, 4) is 0 Å². The second kappa shape index (κ2) is 7.36. The second-order valence-electron chi connectivity index (χ2n) is 4.25. The van der Waals surface area contributed by atoms with Crippen LogP contribution in [0.4, 0.5) is 9.59 Å². The summed E-state index contributed by atoms with van der Waals surface area (Å²) in [4.78, 5) is 59.0. The van der Waals surface area contributed by atoms with Crippen molar-refractivity contribution in [3.63, 3.8) is 0 Å². The predicted molar refractivity (Wildman–Crippen MR) is 68.9 cm³/mol. The van der Waals surface area contributed by atoms with E-state index in [1.807, 2.05) is 12.2 Å². The summed E-state index contributed by atoms with van der Waals surface area (Å²) in [5.74, 6) is -2.94. The summed E-state index contributed by atoms with van der Waals surface area (Å²) in [5.41, 5.74) is 0. The van der Waals surface area contributed by atoms with Crippen molar-refractivity contribution in [1.29, 1.82) is 0 Å². The lowest BCUT2D eigenvalue weighted by Gasteiger charge is -2.14. The van der Waals surface area contributed by atoms with Crippen LogP contribution in [0.5, 0.6) is 0 Å². The number of nitrogens with zero attached hydrogens (tertiary/aromatic N) is 2. The number of hydrogen-bond acceptors (Lipinski definition) is 6. The van der Waals surface area contributed by atoms with Crippen molar-refractivity contribution < 1.29 is 28.7 Å². The number of rotatable bonds is 6. The lowest BCUT2D eigenvalue weighted by molar-refractivity contribution is -0.144. The van der Waals surface area contributed by atoms with Crippen molar-refractivity contribution in [2.24, 2.45) is 0 Å². The first kappa shape index (κ1) is 16.6. The maximum Gasteiger partial charge on any atom is 0.413 e. The fraction of sp³-hybridized carbons (Fsp3) is 0.583. The Hall–Kier alpha value is -2.45. The van der Waals surface area contributed by atoms with Gasteiger partial charge in [-0.25, -0.2) is 14.5 Å². The van der Waals surface area contributed by atoms with Gasteiger partial charge in [0.25, 0.3) is 0 Å². The zero-order valence-corrected chi connectivity index (χ0v) is 11.9. The molecule has 0 spiro atoms. The Balaban J connectivity index is 2.64. The number of ether oxygens (including phenoxy) is 1. The first-order chi connectivity index (χ1) is 9.92. The Morgan fingerprint density at radius 1 is 1.10 bits per heavy atom. The van der Waals surface area contributed by atoms with E-state index >= 15 is 0 Å². The third-order valence-corrected chi connectivity index (χ3v) is 2.69. The van der Waals surface area contributed by atoms with E-state index in [2.05, 4.69) is 4.74 Å². The molecule has 0 aliphatic carbocycles. The van der Waals surface area contributed by atoms with E-state index in [0.717, 1.165) is 11.3 Å². The lowest BCUT2D eigenvalue weighted by Crippen LogP contribution is -2.43. The normalized spacial score (nSPS) is 14.7. The standard InChI is InChI=1S/C12H17N3O6/c1-3-5-6-14-9(17)10(18)15(12(14)20)7-8(16)13-11(19)21-4-2/h3-7H2,1-2H3,(H,13,16,19). The number of carbonyl (C=O) groups excluding carboxylic acids is 5. The Morgan fingerprint density at radius 3 is 2.29 bits per heavy atom. The van der Waals surface area contributed by atoms with Gasteiger partial charge in [0, 0.05) is 6.54 Å². The van der Waals surface area contributed by atoms with E-state index in [9.17, 15) is 24.0 Å². The highest BCUT2D eigenvalue weighted by Gasteiger charge is 2.44. The number of unbranched alkanes of at least 4 members (excludes halogenated alkanes) is 1. The molecule has 9 heteroatoms. The molecule has 6 amide bonds. The van der Waals surface area contributed by atoms with Crippen molar-refractivity contribution in [1.82, 2.24) is 15.1 Å². The highest BCUT2D eigenvalue weighted by atomic mass is 16.5. The van der Waals surface area contributed by atoms with Gasteiger partial charge in [0.15, 0.2) is 0 Å². The summed E-state index contributed by atoms with van der Waals surface area (Å²) in [7, 11) is 0. The van der Waals surface area contributed by atoms with Gasteiger partial charge in [0.2, 0.25) is 5.91 Å². The number of amides is 6. The maximum atomic E-state index is 11.9. The molecule has 0 saturated carbocycles. The summed E-state index contributed by atoms with van der Waals surface area (Å²) < 4.78 is 4.49. The van der Waals surface area contributed by atoms with Crippen LogP contribution in [-0.2, 0) is 19.1 Å². The fourth-order valence-electron chi connectivity index (χ4n) is 1.67. The van der Waals surface area contributed by atoms with Gasteiger partial charge in [-0.1, -0.05) is 13.3 Å². The highest BCUT2D eigenvalue weighted by Crippen LogP contribution is 2.12.